The van der Waals surface area contributed by atoms with E-state index < -0.39 is 23.5 Å². The van der Waals surface area contributed by atoms with E-state index in [4.69, 9.17) is 5.11 Å². The topological polar surface area (TPSA) is 86.0 Å². The molecule has 8 heteroatoms. The van der Waals surface area contributed by atoms with Crippen LogP contribution in [0.2, 0.25) is 0 Å². The second kappa shape index (κ2) is 11.3. The van der Waals surface area contributed by atoms with Gasteiger partial charge in [0, 0.05) is 61.1 Å². The van der Waals surface area contributed by atoms with Crippen LogP contribution in [0.4, 0.5) is 14.5 Å². The molecule has 1 aliphatic rings. The van der Waals surface area contributed by atoms with Gasteiger partial charge in [0.2, 0.25) is 0 Å². The summed E-state index contributed by atoms with van der Waals surface area (Å²) in [7, 11) is 0. The van der Waals surface area contributed by atoms with E-state index >= 15 is 0 Å². The highest BCUT2D eigenvalue weighted by Crippen LogP contribution is 2.34. The van der Waals surface area contributed by atoms with Gasteiger partial charge in [0.05, 0.1) is 5.71 Å². The van der Waals surface area contributed by atoms with Crippen LogP contribution in [0.25, 0.3) is 0 Å². The highest BCUT2D eigenvalue weighted by atomic mass is 19.1. The number of carbonyl (C=O) groups is 1. The van der Waals surface area contributed by atoms with Crippen molar-refractivity contribution in [1.82, 2.24) is 4.98 Å². The number of aliphatic carboxylic acids is 1. The third-order valence-electron chi connectivity index (χ3n) is 6.82. The standard InChI is InChI=1S/C28H29F2N3O3/c1-18-14-21(8-11-31-18)27(32-36)17-25(24-7-4-22(29)16-26(24)30)20-2-5-23(6-3-20)33-12-9-19(10-13-33)15-28(34)35/h2-8,11,14,16,19,25,36H,9-10,12-13,15,17H2,1H3,(H,34,35)/t25-/m0/s1. The normalized spacial score (nSPS) is 15.6. The van der Waals surface area contributed by atoms with E-state index in [9.17, 15) is 18.8 Å². The minimum atomic E-state index is -0.760. The molecule has 1 fully saturated rings. The molecule has 1 aromatic heterocycles. The van der Waals surface area contributed by atoms with Crippen molar-refractivity contribution in [2.24, 2.45) is 11.1 Å². The largest absolute Gasteiger partial charge is 0.481 e. The van der Waals surface area contributed by atoms with Gasteiger partial charge in [-0.25, -0.2) is 8.78 Å². The van der Waals surface area contributed by atoms with Crippen molar-refractivity contribution in [2.75, 3.05) is 18.0 Å². The first-order valence-corrected chi connectivity index (χ1v) is 12.0. The predicted octanol–water partition coefficient (Wildman–Crippen LogP) is 5.76. The maximum absolute atomic E-state index is 14.9. The number of hydrogen-bond donors (Lipinski definition) is 2. The van der Waals surface area contributed by atoms with E-state index in [1.165, 1.54) is 12.1 Å². The van der Waals surface area contributed by atoms with Crippen LogP contribution in [0.1, 0.15) is 54.0 Å². The zero-order valence-corrected chi connectivity index (χ0v) is 20.1. The fourth-order valence-electron chi connectivity index (χ4n) is 4.89. The number of anilines is 1. The summed E-state index contributed by atoms with van der Waals surface area (Å²) in [6.07, 6.45) is 3.65. The van der Waals surface area contributed by atoms with Crippen molar-refractivity contribution < 1.29 is 23.9 Å². The van der Waals surface area contributed by atoms with Gasteiger partial charge in [-0.1, -0.05) is 23.4 Å². The van der Waals surface area contributed by atoms with Crippen molar-refractivity contribution in [3.63, 3.8) is 0 Å². The average Bonchev–Trinajstić information content (AvgIpc) is 2.86. The van der Waals surface area contributed by atoms with Crippen molar-refractivity contribution in [3.05, 3.63) is 94.8 Å². The number of aryl methyl sites for hydroxylation is 1. The minimum absolute atomic E-state index is 0.192. The molecule has 0 bridgehead atoms. The Kier molecular flexibility index (Phi) is 7.93. The number of oxime groups is 1. The van der Waals surface area contributed by atoms with E-state index in [1.54, 1.807) is 18.3 Å². The van der Waals surface area contributed by atoms with Crippen molar-refractivity contribution in [1.29, 1.82) is 0 Å². The molecule has 0 spiro atoms. The molecule has 2 heterocycles. The fraction of sp³-hybridized carbons (Fsp3) is 0.321. The lowest BCUT2D eigenvalue weighted by atomic mass is 9.85. The number of carboxylic acids is 1. The number of aromatic nitrogens is 1. The third-order valence-corrected chi connectivity index (χ3v) is 6.82. The first kappa shape index (κ1) is 25.3. The molecule has 3 aromatic rings. The van der Waals surface area contributed by atoms with Gasteiger partial charge in [-0.3, -0.25) is 9.78 Å². The summed E-state index contributed by atoms with van der Waals surface area (Å²) in [4.78, 5) is 17.4. The van der Waals surface area contributed by atoms with E-state index in [0.717, 1.165) is 48.9 Å². The Morgan fingerprint density at radius 2 is 1.83 bits per heavy atom. The molecule has 1 atom stereocenters. The van der Waals surface area contributed by atoms with Crippen LogP contribution in [0, 0.1) is 24.5 Å². The van der Waals surface area contributed by atoms with Crippen LogP contribution in [0.15, 0.2) is 65.9 Å². The van der Waals surface area contributed by atoms with Gasteiger partial charge in [0.1, 0.15) is 11.6 Å². The number of pyridine rings is 1. The monoisotopic (exact) mass is 493 g/mol. The molecule has 6 nitrogen and oxygen atoms in total. The SMILES string of the molecule is Cc1cc(C(C[C@@H](c2ccc(N3CCC(CC(=O)O)CC3)cc2)c2ccc(F)cc2F)=NO)ccn1. The van der Waals surface area contributed by atoms with Crippen LogP contribution in [0.3, 0.4) is 0 Å². The van der Waals surface area contributed by atoms with E-state index in [0.29, 0.717) is 16.8 Å². The van der Waals surface area contributed by atoms with Gasteiger partial charge < -0.3 is 15.2 Å². The zero-order chi connectivity index (χ0) is 25.7. The van der Waals surface area contributed by atoms with Gasteiger partial charge in [0.25, 0.3) is 0 Å². The van der Waals surface area contributed by atoms with E-state index in [-0.39, 0.29) is 18.8 Å². The number of halogens is 2. The molecule has 2 N–H and O–H groups in total. The van der Waals surface area contributed by atoms with Crippen LogP contribution >= 0.6 is 0 Å². The van der Waals surface area contributed by atoms with Gasteiger partial charge in [-0.15, -0.1) is 0 Å². The van der Waals surface area contributed by atoms with E-state index in [1.807, 2.05) is 31.2 Å². The lowest BCUT2D eigenvalue weighted by Gasteiger charge is -2.33. The van der Waals surface area contributed by atoms with Crippen LogP contribution in [-0.4, -0.2) is 40.1 Å². The molecule has 0 aliphatic carbocycles. The second-order valence-electron chi connectivity index (χ2n) is 9.27. The Hall–Kier alpha value is -3.81. The van der Waals surface area contributed by atoms with Gasteiger partial charge in [-0.2, -0.15) is 0 Å². The summed E-state index contributed by atoms with van der Waals surface area (Å²) in [5.41, 5.74) is 3.93. The zero-order valence-electron chi connectivity index (χ0n) is 20.1. The summed E-state index contributed by atoms with van der Waals surface area (Å²) in [6.45, 7) is 3.38. The van der Waals surface area contributed by atoms with Gasteiger partial charge >= 0.3 is 5.97 Å². The predicted molar refractivity (Wildman–Crippen MR) is 134 cm³/mol. The molecular weight excluding hydrogens is 464 g/mol. The number of carboxylic acid groups (broad SMARTS) is 1. The van der Waals surface area contributed by atoms with Gasteiger partial charge in [0.15, 0.2) is 0 Å². The molecule has 0 unspecified atom stereocenters. The molecule has 0 radical (unpaired) electrons. The van der Waals surface area contributed by atoms with Crippen molar-refractivity contribution in [3.8, 4) is 0 Å². The first-order chi connectivity index (χ1) is 17.3. The molecule has 0 amide bonds. The van der Waals surface area contributed by atoms with Crippen molar-refractivity contribution in [2.45, 2.75) is 38.5 Å². The van der Waals surface area contributed by atoms with Crippen LogP contribution in [0.5, 0.6) is 0 Å². The Morgan fingerprint density at radius 3 is 2.44 bits per heavy atom. The molecule has 1 saturated heterocycles. The molecule has 0 saturated carbocycles. The lowest BCUT2D eigenvalue weighted by molar-refractivity contribution is -0.138. The summed E-state index contributed by atoms with van der Waals surface area (Å²) in [6, 6.07) is 14.8. The number of rotatable bonds is 8. The maximum Gasteiger partial charge on any atom is 0.303 e. The molecule has 1 aliphatic heterocycles. The summed E-state index contributed by atoms with van der Waals surface area (Å²) in [5, 5.41) is 22.3. The van der Waals surface area contributed by atoms with Crippen molar-refractivity contribution >= 4 is 17.4 Å². The van der Waals surface area contributed by atoms with Crippen LogP contribution < -0.4 is 4.90 Å². The Balaban J connectivity index is 1.60. The lowest BCUT2D eigenvalue weighted by Crippen LogP contribution is -2.34. The fourth-order valence-corrected chi connectivity index (χ4v) is 4.89. The number of nitrogens with zero attached hydrogens (tertiary/aromatic N) is 3. The summed E-state index contributed by atoms with van der Waals surface area (Å²) >= 11 is 0. The highest BCUT2D eigenvalue weighted by molar-refractivity contribution is 6.00. The number of hydrogen-bond acceptors (Lipinski definition) is 5. The van der Waals surface area contributed by atoms with Crippen LogP contribution in [-0.2, 0) is 4.79 Å². The molecule has 4 rings (SSSR count). The number of piperidine rings is 1. The third kappa shape index (κ3) is 6.05. The molecular formula is C28H29F2N3O3. The van der Waals surface area contributed by atoms with E-state index in [2.05, 4.69) is 15.0 Å². The summed E-state index contributed by atoms with van der Waals surface area (Å²) < 4.78 is 28.6. The minimum Gasteiger partial charge on any atom is -0.481 e. The smallest absolute Gasteiger partial charge is 0.303 e. The average molecular weight is 494 g/mol. The van der Waals surface area contributed by atoms with Gasteiger partial charge in [-0.05, 0) is 67.1 Å². The molecule has 188 valence electrons. The highest BCUT2D eigenvalue weighted by Gasteiger charge is 2.24. The summed E-state index contributed by atoms with van der Waals surface area (Å²) in [5.74, 6) is -2.40. The molecule has 36 heavy (non-hydrogen) atoms. The number of benzene rings is 2. The first-order valence-electron chi connectivity index (χ1n) is 12.0. The second-order valence-corrected chi connectivity index (χ2v) is 9.27. The quantitative estimate of drug-likeness (QED) is 0.237. The Morgan fingerprint density at radius 1 is 1.11 bits per heavy atom. The molecule has 2 aromatic carbocycles. The Labute approximate surface area is 208 Å². The maximum atomic E-state index is 14.9. The Bertz CT molecular complexity index is 1240.